The lowest BCUT2D eigenvalue weighted by molar-refractivity contribution is 0.291. The molecule has 0 aliphatic heterocycles. The number of hydrogen-bond acceptors (Lipinski definition) is 1. The number of ether oxygens (including phenoxy) is 1. The summed E-state index contributed by atoms with van der Waals surface area (Å²) >= 11 is 0. The zero-order chi connectivity index (χ0) is 5.54. The minimum atomic E-state index is 0.624. The summed E-state index contributed by atoms with van der Waals surface area (Å²) in [4.78, 5) is 0. The highest BCUT2D eigenvalue weighted by atomic mass is 28.1. The van der Waals surface area contributed by atoms with Crippen LogP contribution in [0.25, 0.3) is 0 Å². The van der Waals surface area contributed by atoms with E-state index in [0.717, 1.165) is 10.2 Å². The summed E-state index contributed by atoms with van der Waals surface area (Å²) in [7, 11) is 1.07. The second kappa shape index (κ2) is 5.50. The van der Waals surface area contributed by atoms with E-state index in [1.54, 1.807) is 12.3 Å². The van der Waals surface area contributed by atoms with E-state index in [9.17, 15) is 0 Å². The van der Waals surface area contributed by atoms with Gasteiger partial charge >= 0.3 is 0 Å². The van der Waals surface area contributed by atoms with Crippen molar-refractivity contribution in [2.24, 2.45) is 0 Å². The van der Waals surface area contributed by atoms with Crippen molar-refractivity contribution in [1.82, 2.24) is 0 Å². The van der Waals surface area contributed by atoms with Crippen molar-refractivity contribution in [3.8, 4) is 0 Å². The summed E-state index contributed by atoms with van der Waals surface area (Å²) in [6.07, 6.45) is 3.43. The van der Waals surface area contributed by atoms with Gasteiger partial charge in [-0.3, -0.25) is 0 Å². The van der Waals surface area contributed by atoms with Gasteiger partial charge in [-0.25, -0.2) is 0 Å². The van der Waals surface area contributed by atoms with E-state index in [2.05, 4.69) is 6.58 Å². The van der Waals surface area contributed by atoms with Gasteiger partial charge in [-0.15, -0.1) is 0 Å². The van der Waals surface area contributed by atoms with Gasteiger partial charge in [0.1, 0.15) is 6.61 Å². The van der Waals surface area contributed by atoms with E-state index in [1.165, 1.54) is 0 Å². The topological polar surface area (TPSA) is 9.23 Å². The van der Waals surface area contributed by atoms with Crippen LogP contribution in [-0.2, 0) is 4.74 Å². The molecule has 0 aliphatic rings. The van der Waals surface area contributed by atoms with Crippen LogP contribution in [0.3, 0.4) is 0 Å². The first-order valence-corrected chi connectivity index (χ1v) is 3.41. The van der Waals surface area contributed by atoms with Crippen molar-refractivity contribution in [3.05, 3.63) is 24.6 Å². The van der Waals surface area contributed by atoms with Crippen LogP contribution in [0, 0.1) is 0 Å². The predicted octanol–water partition coefficient (Wildman–Crippen LogP) is 0.0256. The van der Waals surface area contributed by atoms with Gasteiger partial charge in [0, 0.05) is 10.2 Å². The zero-order valence-corrected chi connectivity index (χ0v) is 6.55. The van der Waals surface area contributed by atoms with Crippen LogP contribution in [0.1, 0.15) is 0 Å². The van der Waals surface area contributed by atoms with Crippen LogP contribution in [0.2, 0.25) is 0 Å². The van der Waals surface area contributed by atoms with Gasteiger partial charge in [0.15, 0.2) is 0 Å². The van der Waals surface area contributed by atoms with E-state index < -0.39 is 0 Å². The van der Waals surface area contributed by atoms with Crippen molar-refractivity contribution >= 4 is 10.2 Å². The van der Waals surface area contributed by atoms with Crippen LogP contribution in [0.5, 0.6) is 0 Å². The molecular formula is C5H10OSi. The van der Waals surface area contributed by atoms with Crippen molar-refractivity contribution in [2.75, 3.05) is 6.61 Å². The summed E-state index contributed by atoms with van der Waals surface area (Å²) in [6.45, 7) is 4.11. The molecule has 0 unspecified atom stereocenters. The Bertz CT molecular complexity index is 68.5. The van der Waals surface area contributed by atoms with E-state index in [1.807, 2.05) is 5.70 Å². The molecule has 0 aromatic carbocycles. The molecular weight excluding hydrogens is 104 g/mol. The van der Waals surface area contributed by atoms with Crippen LogP contribution in [0.15, 0.2) is 24.6 Å². The molecule has 0 radical (unpaired) electrons. The fourth-order valence-corrected chi connectivity index (χ4v) is 0.412. The molecule has 0 aromatic heterocycles. The second-order valence-electron chi connectivity index (χ2n) is 1.09. The van der Waals surface area contributed by atoms with Crippen molar-refractivity contribution in [1.29, 1.82) is 0 Å². The second-order valence-corrected chi connectivity index (χ2v) is 1.76. The van der Waals surface area contributed by atoms with E-state index in [-0.39, 0.29) is 0 Å². The molecule has 0 spiro atoms. The Labute approximate surface area is 47.1 Å². The Kier molecular flexibility index (Phi) is 5.10. The molecule has 0 aromatic rings. The molecule has 0 amide bonds. The first-order chi connectivity index (χ1) is 3.41. The van der Waals surface area contributed by atoms with Crippen molar-refractivity contribution in [2.45, 2.75) is 0 Å². The summed E-state index contributed by atoms with van der Waals surface area (Å²) in [5, 5.41) is 0. The highest BCUT2D eigenvalue weighted by Gasteiger charge is 1.64. The van der Waals surface area contributed by atoms with Gasteiger partial charge in [0.2, 0.25) is 0 Å². The smallest absolute Gasteiger partial charge is 0.105 e. The molecule has 1 nitrogen and oxygen atoms in total. The largest absolute Gasteiger partial charge is 0.498 e. The standard InChI is InChI=1S/C5H10OSi/c1-2-3-6-4-5-7/h2,4-5H,1,3H2,7H3. The van der Waals surface area contributed by atoms with Gasteiger partial charge in [-0.05, 0) is 0 Å². The molecule has 0 saturated carbocycles. The third kappa shape index (κ3) is 5.50. The van der Waals surface area contributed by atoms with Crippen molar-refractivity contribution in [3.63, 3.8) is 0 Å². The first-order valence-electron chi connectivity index (χ1n) is 2.25. The Morgan fingerprint density at radius 1 is 1.71 bits per heavy atom. The third-order valence-corrected chi connectivity index (χ3v) is 0.719. The van der Waals surface area contributed by atoms with Crippen LogP contribution in [0.4, 0.5) is 0 Å². The molecule has 7 heavy (non-hydrogen) atoms. The molecule has 0 atom stereocenters. The van der Waals surface area contributed by atoms with Crippen LogP contribution >= 0.6 is 0 Å². The quantitative estimate of drug-likeness (QED) is 0.218. The molecule has 0 fully saturated rings. The maximum absolute atomic E-state index is 4.87. The fourth-order valence-electron chi connectivity index (χ4n) is 0.220. The van der Waals surface area contributed by atoms with Gasteiger partial charge in [-0.1, -0.05) is 18.4 Å². The lowest BCUT2D eigenvalue weighted by atomic mass is 10.7. The Hall–Kier alpha value is -0.503. The first kappa shape index (κ1) is 6.50. The molecule has 2 heteroatoms. The number of rotatable bonds is 3. The average Bonchev–Trinajstić information content (AvgIpc) is 1.69. The van der Waals surface area contributed by atoms with Crippen molar-refractivity contribution < 1.29 is 4.74 Å². The molecule has 0 heterocycles. The van der Waals surface area contributed by atoms with Gasteiger partial charge < -0.3 is 4.74 Å². The molecule has 0 bridgehead atoms. The monoisotopic (exact) mass is 114 g/mol. The summed E-state index contributed by atoms with van der Waals surface area (Å²) in [5.41, 5.74) is 1.98. The minimum Gasteiger partial charge on any atom is -0.498 e. The van der Waals surface area contributed by atoms with E-state index >= 15 is 0 Å². The highest BCUT2D eigenvalue weighted by molar-refractivity contribution is 6.16. The molecule has 0 N–H and O–H groups in total. The van der Waals surface area contributed by atoms with Crippen LogP contribution < -0.4 is 0 Å². The number of hydrogen-bond donors (Lipinski definition) is 0. The Morgan fingerprint density at radius 2 is 2.43 bits per heavy atom. The third-order valence-electron chi connectivity index (χ3n) is 0.446. The summed E-state index contributed by atoms with van der Waals surface area (Å²) < 4.78 is 4.87. The van der Waals surface area contributed by atoms with E-state index in [0.29, 0.717) is 6.61 Å². The molecule has 40 valence electrons. The lowest BCUT2D eigenvalue weighted by Crippen LogP contribution is -1.77. The fraction of sp³-hybridized carbons (Fsp3) is 0.200. The predicted molar refractivity (Wildman–Crippen MR) is 35.2 cm³/mol. The van der Waals surface area contributed by atoms with E-state index in [4.69, 9.17) is 4.74 Å². The average molecular weight is 114 g/mol. The van der Waals surface area contributed by atoms with Gasteiger partial charge in [0.05, 0.1) is 6.26 Å². The zero-order valence-electron chi connectivity index (χ0n) is 4.55. The highest BCUT2D eigenvalue weighted by Crippen LogP contribution is 1.73. The van der Waals surface area contributed by atoms with Gasteiger partial charge in [-0.2, -0.15) is 0 Å². The maximum atomic E-state index is 4.87. The summed E-state index contributed by atoms with van der Waals surface area (Å²) in [6, 6.07) is 0. The molecule has 0 saturated heterocycles. The molecule has 0 rings (SSSR count). The lowest BCUT2D eigenvalue weighted by Gasteiger charge is -1.88. The summed E-state index contributed by atoms with van der Waals surface area (Å²) in [5.74, 6) is 0. The SMILES string of the molecule is C=CCOC=C[SiH3]. The van der Waals surface area contributed by atoms with Crippen LogP contribution in [-0.4, -0.2) is 16.8 Å². The normalized spacial score (nSPS) is 9.71. The van der Waals surface area contributed by atoms with Gasteiger partial charge in [0.25, 0.3) is 0 Å². The maximum Gasteiger partial charge on any atom is 0.105 e. The Balaban J connectivity index is 2.82. The Morgan fingerprint density at radius 3 is 2.86 bits per heavy atom. The minimum absolute atomic E-state index is 0.624. The molecule has 0 aliphatic carbocycles.